The molecule has 3 aliphatic carbocycles. The summed E-state index contributed by atoms with van der Waals surface area (Å²) in [6, 6.07) is 0. The third-order valence-corrected chi connectivity index (χ3v) is 14.4. The maximum atomic E-state index is 6.76. The first-order chi connectivity index (χ1) is 13.8. The van der Waals surface area contributed by atoms with Crippen molar-refractivity contribution < 1.29 is 9.16 Å². The highest BCUT2D eigenvalue weighted by molar-refractivity contribution is 14.1. The van der Waals surface area contributed by atoms with Crippen LogP contribution in [0.25, 0.3) is 0 Å². The van der Waals surface area contributed by atoms with Crippen LogP contribution in [-0.4, -0.2) is 26.6 Å². The molecule has 0 radical (unpaired) electrons. The molecule has 0 bridgehead atoms. The second kappa shape index (κ2) is 8.94. The Kier molecular flexibility index (Phi) is 7.45. The molecule has 0 aromatic rings. The van der Waals surface area contributed by atoms with Crippen molar-refractivity contribution in [3.05, 3.63) is 21.8 Å². The zero-order chi connectivity index (χ0) is 22.4. The highest BCUT2D eigenvalue weighted by Crippen LogP contribution is 2.59. The Hall–Kier alpha value is 0.347. The fourth-order valence-corrected chi connectivity index (χ4v) is 8.68. The summed E-state index contributed by atoms with van der Waals surface area (Å²) >= 11 is 2.47. The molecule has 0 amide bonds. The maximum absolute atomic E-state index is 6.76. The van der Waals surface area contributed by atoms with E-state index >= 15 is 0 Å². The third kappa shape index (κ3) is 4.96. The van der Waals surface area contributed by atoms with Gasteiger partial charge in [0.05, 0.1) is 18.3 Å². The van der Waals surface area contributed by atoms with Gasteiger partial charge in [-0.15, -0.1) is 0 Å². The Morgan fingerprint density at radius 2 is 1.97 bits per heavy atom. The normalized spacial score (nSPS) is 39.5. The van der Waals surface area contributed by atoms with E-state index in [1.165, 1.54) is 32.1 Å². The lowest BCUT2D eigenvalue weighted by atomic mass is 9.61. The molecule has 0 aliphatic heterocycles. The summed E-state index contributed by atoms with van der Waals surface area (Å²) in [5.74, 6) is 2.22. The van der Waals surface area contributed by atoms with Crippen molar-refractivity contribution in [1.82, 2.24) is 0 Å². The molecule has 2 nitrogen and oxygen atoms in total. The van der Waals surface area contributed by atoms with E-state index in [1.807, 2.05) is 0 Å². The van der Waals surface area contributed by atoms with E-state index in [4.69, 9.17) is 9.16 Å². The number of halogens is 1. The summed E-state index contributed by atoms with van der Waals surface area (Å²) in [7, 11) is -1.79. The molecule has 0 N–H and O–H groups in total. The lowest BCUT2D eigenvalue weighted by Crippen LogP contribution is -2.47. The highest BCUT2D eigenvalue weighted by atomic mass is 127. The molecule has 0 spiro atoms. The van der Waals surface area contributed by atoms with Crippen molar-refractivity contribution in [2.24, 2.45) is 23.2 Å². The summed E-state index contributed by atoms with van der Waals surface area (Å²) in [5, 5.41) is 0.233. The summed E-state index contributed by atoms with van der Waals surface area (Å²) in [4.78, 5) is 0. The van der Waals surface area contributed by atoms with Gasteiger partial charge in [0.1, 0.15) is 0 Å². The largest absolute Gasteiger partial charge is 0.408 e. The van der Waals surface area contributed by atoms with Crippen LogP contribution < -0.4 is 0 Å². The number of fused-ring (bicyclic) bond motifs is 1. The average Bonchev–Trinajstić information content (AvgIpc) is 3.17. The van der Waals surface area contributed by atoms with Crippen molar-refractivity contribution in [3.63, 3.8) is 0 Å². The predicted molar refractivity (Wildman–Crippen MR) is 140 cm³/mol. The Bertz CT molecular complexity index is 679. The number of ether oxygens (including phenoxy) is 1. The predicted octanol–water partition coefficient (Wildman–Crippen LogP) is 8.28. The number of hydrogen-bond acceptors (Lipinski definition) is 2. The van der Waals surface area contributed by atoms with Crippen LogP contribution in [0.4, 0.5) is 0 Å². The number of rotatable bonds is 6. The quantitative estimate of drug-likeness (QED) is 0.190. The summed E-state index contributed by atoms with van der Waals surface area (Å²) in [6.07, 6.45) is 12.5. The van der Waals surface area contributed by atoms with Crippen LogP contribution in [0.1, 0.15) is 80.1 Å². The zero-order valence-electron chi connectivity index (χ0n) is 20.7. The van der Waals surface area contributed by atoms with E-state index in [1.54, 1.807) is 5.57 Å². The van der Waals surface area contributed by atoms with Gasteiger partial charge in [-0.2, -0.15) is 0 Å². The highest BCUT2D eigenvalue weighted by Gasteiger charge is 2.51. The molecule has 3 rings (SSSR count). The first-order valence-electron chi connectivity index (χ1n) is 12.1. The van der Waals surface area contributed by atoms with Crippen LogP contribution in [0.2, 0.25) is 18.1 Å². The van der Waals surface area contributed by atoms with Gasteiger partial charge in [-0.05, 0) is 84.4 Å². The first-order valence-corrected chi connectivity index (χ1v) is 16.3. The molecule has 6 atom stereocenters. The van der Waals surface area contributed by atoms with E-state index in [0.717, 1.165) is 24.9 Å². The fraction of sp³-hybridized carbons (Fsp3) is 0.846. The van der Waals surface area contributed by atoms with E-state index < -0.39 is 8.32 Å². The molecule has 1 unspecified atom stereocenters. The van der Waals surface area contributed by atoms with Crippen molar-refractivity contribution in [2.75, 3.05) is 6.61 Å². The third-order valence-electron chi connectivity index (χ3n) is 9.00. The molecule has 4 heteroatoms. The zero-order valence-corrected chi connectivity index (χ0v) is 23.8. The molecular formula is C26H45IO2Si. The van der Waals surface area contributed by atoms with Gasteiger partial charge in [0.2, 0.25) is 0 Å². The first kappa shape index (κ1) is 25.0. The molecule has 0 heterocycles. The minimum atomic E-state index is -1.79. The van der Waals surface area contributed by atoms with Crippen LogP contribution in [0.15, 0.2) is 21.8 Å². The second-order valence-corrected chi connectivity index (χ2v) is 17.7. The molecule has 0 saturated heterocycles. The standard InChI is InChI=1S/C26H45IO2Si/c1-19(22-11-12-23-20(17-27)10-9-14-26(22,23)6)18-28-21-13-15-25(5,16-21)29-30(7,8)24(2,3)4/h13,15,17,19,21-23H,9-12,14,16,18H2,1-8H3/b20-17+/t19-,21-,22+,23?,25+,26+/m0/s1. The van der Waals surface area contributed by atoms with Crippen molar-refractivity contribution in [2.45, 2.75) is 110 Å². The number of hydrogen-bond donors (Lipinski definition) is 0. The average molecular weight is 545 g/mol. The SMILES string of the molecule is C[C@@H](CO[C@H]1C=C[C@@](C)(O[Si](C)(C)C(C)(C)C)C1)[C@H]1CCC2/C(=C/I)CCC[C@@]21C. The van der Waals surface area contributed by atoms with Crippen LogP contribution in [0.5, 0.6) is 0 Å². The van der Waals surface area contributed by atoms with E-state index in [9.17, 15) is 0 Å². The van der Waals surface area contributed by atoms with E-state index in [-0.39, 0.29) is 16.7 Å². The van der Waals surface area contributed by atoms with Crippen LogP contribution in [0.3, 0.4) is 0 Å². The Labute approximate surface area is 200 Å². The molecule has 3 aliphatic rings. The minimum absolute atomic E-state index is 0.176. The van der Waals surface area contributed by atoms with Crippen molar-refractivity contribution >= 4 is 30.9 Å². The fourth-order valence-electron chi connectivity index (χ4n) is 6.31. The van der Waals surface area contributed by atoms with Gasteiger partial charge < -0.3 is 9.16 Å². The molecule has 0 aromatic carbocycles. The summed E-state index contributed by atoms with van der Waals surface area (Å²) < 4.78 is 15.6. The molecule has 30 heavy (non-hydrogen) atoms. The second-order valence-electron chi connectivity index (χ2n) is 12.4. The van der Waals surface area contributed by atoms with Crippen LogP contribution in [0, 0.1) is 23.2 Å². The lowest BCUT2D eigenvalue weighted by Gasteiger charge is -2.44. The van der Waals surface area contributed by atoms with Gasteiger partial charge in [-0.1, -0.05) is 74.9 Å². The van der Waals surface area contributed by atoms with Crippen molar-refractivity contribution in [1.29, 1.82) is 0 Å². The van der Waals surface area contributed by atoms with Crippen molar-refractivity contribution in [3.8, 4) is 0 Å². The number of allylic oxidation sites excluding steroid dienone is 1. The van der Waals surface area contributed by atoms with E-state index in [2.05, 4.69) is 93.5 Å². The Morgan fingerprint density at radius 1 is 1.27 bits per heavy atom. The van der Waals surface area contributed by atoms with Crippen LogP contribution in [-0.2, 0) is 9.16 Å². The lowest BCUT2D eigenvalue weighted by molar-refractivity contribution is -0.00554. The molecular weight excluding hydrogens is 499 g/mol. The smallest absolute Gasteiger partial charge is 0.193 e. The van der Waals surface area contributed by atoms with Gasteiger partial charge in [0.15, 0.2) is 8.32 Å². The van der Waals surface area contributed by atoms with Gasteiger partial charge in [-0.3, -0.25) is 0 Å². The van der Waals surface area contributed by atoms with E-state index in [0.29, 0.717) is 11.3 Å². The minimum Gasteiger partial charge on any atom is -0.408 e. The maximum Gasteiger partial charge on any atom is 0.193 e. The van der Waals surface area contributed by atoms with Crippen LogP contribution >= 0.6 is 22.6 Å². The monoisotopic (exact) mass is 544 g/mol. The summed E-state index contributed by atoms with van der Waals surface area (Å²) in [6.45, 7) is 19.8. The Balaban J connectivity index is 1.55. The molecule has 0 aromatic heterocycles. The Morgan fingerprint density at radius 3 is 2.60 bits per heavy atom. The molecule has 2 fully saturated rings. The van der Waals surface area contributed by atoms with Gasteiger partial charge >= 0.3 is 0 Å². The molecule has 172 valence electrons. The van der Waals surface area contributed by atoms with Gasteiger partial charge in [0, 0.05) is 6.42 Å². The molecule has 2 saturated carbocycles. The topological polar surface area (TPSA) is 18.5 Å². The van der Waals surface area contributed by atoms with Gasteiger partial charge in [-0.25, -0.2) is 0 Å². The summed E-state index contributed by atoms with van der Waals surface area (Å²) in [5.41, 5.74) is 2.02. The van der Waals surface area contributed by atoms with Gasteiger partial charge in [0.25, 0.3) is 0 Å².